The molecule has 0 aliphatic rings. The summed E-state index contributed by atoms with van der Waals surface area (Å²) in [5.74, 6) is 0.728. The van der Waals surface area contributed by atoms with Gasteiger partial charge in [0.2, 0.25) is 0 Å². The number of unbranched alkanes of at least 4 members (excludes halogenated alkanes) is 1. The summed E-state index contributed by atoms with van der Waals surface area (Å²) in [5.41, 5.74) is 0.528. The van der Waals surface area contributed by atoms with Crippen molar-refractivity contribution in [3.05, 3.63) is 18.0 Å². The van der Waals surface area contributed by atoms with Crippen LogP contribution in [0.2, 0.25) is 0 Å². The average molecular weight is 381 g/mol. The lowest BCUT2D eigenvalue weighted by Crippen LogP contribution is -2.49. The van der Waals surface area contributed by atoms with E-state index in [9.17, 15) is 4.79 Å². The second kappa shape index (κ2) is 11.5. The molecule has 0 saturated heterocycles. The lowest BCUT2D eigenvalue weighted by atomic mass is 10.1. The lowest BCUT2D eigenvalue weighted by molar-refractivity contribution is 0.0523. The summed E-state index contributed by atoms with van der Waals surface area (Å²) in [6, 6.07) is 2.02. The van der Waals surface area contributed by atoms with Gasteiger partial charge in [0.1, 0.15) is 5.60 Å². The van der Waals surface area contributed by atoms with Gasteiger partial charge >= 0.3 is 6.09 Å². The predicted octanol–water partition coefficient (Wildman–Crippen LogP) is 2.56. The van der Waals surface area contributed by atoms with Crippen molar-refractivity contribution in [2.75, 3.05) is 13.1 Å². The molecule has 154 valence electrons. The van der Waals surface area contributed by atoms with Crippen molar-refractivity contribution in [1.29, 1.82) is 0 Å². The second-order valence-corrected chi connectivity index (χ2v) is 7.51. The molecule has 0 radical (unpaired) electrons. The summed E-state index contributed by atoms with van der Waals surface area (Å²) in [6.07, 6.45) is 4.45. The van der Waals surface area contributed by atoms with E-state index in [0.29, 0.717) is 13.1 Å². The molecule has 0 aliphatic heterocycles. The van der Waals surface area contributed by atoms with Gasteiger partial charge in [-0.1, -0.05) is 19.8 Å². The maximum Gasteiger partial charge on any atom is 0.407 e. The number of nitrogens with zero attached hydrogens (tertiary/aromatic N) is 3. The molecule has 1 heterocycles. The van der Waals surface area contributed by atoms with Crippen LogP contribution in [0.4, 0.5) is 4.79 Å². The van der Waals surface area contributed by atoms with Crippen molar-refractivity contribution in [3.8, 4) is 0 Å². The molecule has 1 aromatic rings. The Morgan fingerprint density at radius 3 is 2.63 bits per heavy atom. The fourth-order valence-electron chi connectivity index (χ4n) is 2.43. The SMILES string of the molecule is CCCCC(CNC(=O)OC(C)(C)C)NC(=NCc1ccnn1C)NCC. The Morgan fingerprint density at radius 1 is 1.33 bits per heavy atom. The van der Waals surface area contributed by atoms with Crippen molar-refractivity contribution >= 4 is 12.1 Å². The van der Waals surface area contributed by atoms with E-state index in [1.165, 1.54) is 0 Å². The van der Waals surface area contributed by atoms with Crippen LogP contribution in [-0.4, -0.2) is 46.6 Å². The highest BCUT2D eigenvalue weighted by Crippen LogP contribution is 2.07. The number of aliphatic imine (C=N–C) groups is 1. The smallest absolute Gasteiger partial charge is 0.407 e. The molecule has 0 aromatic carbocycles. The monoisotopic (exact) mass is 380 g/mol. The Balaban J connectivity index is 2.68. The molecule has 0 fully saturated rings. The standard InChI is InChI=1S/C19H36N6O2/c1-7-9-10-15(13-22-18(26)27-19(3,4)5)24-17(20-8-2)21-14-16-11-12-23-25(16)6/h11-12,15H,7-10,13-14H2,1-6H3,(H,22,26)(H2,20,21,24). The Hall–Kier alpha value is -2.25. The molecular weight excluding hydrogens is 344 g/mol. The molecule has 1 unspecified atom stereocenters. The first kappa shape index (κ1) is 22.8. The zero-order valence-corrected chi connectivity index (χ0v) is 17.6. The Morgan fingerprint density at radius 2 is 2.07 bits per heavy atom. The van der Waals surface area contributed by atoms with E-state index in [-0.39, 0.29) is 6.04 Å². The van der Waals surface area contributed by atoms with Gasteiger partial charge < -0.3 is 20.7 Å². The highest BCUT2D eigenvalue weighted by atomic mass is 16.6. The first-order valence-electron chi connectivity index (χ1n) is 9.73. The summed E-state index contributed by atoms with van der Waals surface area (Å²) in [5, 5.41) is 13.7. The van der Waals surface area contributed by atoms with Crippen molar-refractivity contribution in [1.82, 2.24) is 25.7 Å². The number of carbonyl (C=O) groups is 1. The molecule has 0 saturated carbocycles. The first-order chi connectivity index (χ1) is 12.7. The van der Waals surface area contributed by atoms with E-state index < -0.39 is 11.7 Å². The van der Waals surface area contributed by atoms with Gasteiger partial charge in [0, 0.05) is 32.4 Å². The highest BCUT2D eigenvalue weighted by Gasteiger charge is 2.18. The summed E-state index contributed by atoms with van der Waals surface area (Å²) in [6.45, 7) is 11.5. The average Bonchev–Trinajstić information content (AvgIpc) is 2.98. The number of aryl methyl sites for hydroxylation is 1. The van der Waals surface area contributed by atoms with E-state index in [1.54, 1.807) is 6.20 Å². The fraction of sp³-hybridized carbons (Fsp3) is 0.737. The number of carbonyl (C=O) groups excluding carboxylic acids is 1. The van der Waals surface area contributed by atoms with Crippen molar-refractivity contribution in [2.45, 2.75) is 72.1 Å². The number of ether oxygens (including phenoxy) is 1. The quantitative estimate of drug-likeness (QED) is 0.452. The normalized spacial score (nSPS) is 13.2. The summed E-state index contributed by atoms with van der Waals surface area (Å²) < 4.78 is 7.13. The molecule has 1 amide bonds. The van der Waals surface area contributed by atoms with Gasteiger partial charge in [-0.3, -0.25) is 4.68 Å². The van der Waals surface area contributed by atoms with Crippen LogP contribution in [0, 0.1) is 0 Å². The molecule has 0 spiro atoms. The van der Waals surface area contributed by atoms with E-state index >= 15 is 0 Å². The summed E-state index contributed by atoms with van der Waals surface area (Å²) in [4.78, 5) is 16.6. The number of alkyl carbamates (subject to hydrolysis) is 1. The molecule has 1 aromatic heterocycles. The molecule has 0 aliphatic carbocycles. The zero-order valence-electron chi connectivity index (χ0n) is 17.6. The van der Waals surface area contributed by atoms with Crippen LogP contribution in [0.3, 0.4) is 0 Å². The largest absolute Gasteiger partial charge is 0.444 e. The van der Waals surface area contributed by atoms with Crippen LogP contribution in [-0.2, 0) is 18.3 Å². The van der Waals surface area contributed by atoms with Crippen LogP contribution in [0.25, 0.3) is 0 Å². The topological polar surface area (TPSA) is 92.6 Å². The minimum absolute atomic E-state index is 0.0711. The molecule has 8 heteroatoms. The second-order valence-electron chi connectivity index (χ2n) is 7.51. The van der Waals surface area contributed by atoms with Crippen LogP contribution < -0.4 is 16.0 Å². The molecule has 27 heavy (non-hydrogen) atoms. The Kier molecular flexibility index (Phi) is 9.67. The van der Waals surface area contributed by atoms with E-state index in [1.807, 2.05) is 45.5 Å². The van der Waals surface area contributed by atoms with Crippen molar-refractivity contribution < 1.29 is 9.53 Å². The number of amides is 1. The van der Waals surface area contributed by atoms with Crippen LogP contribution in [0.1, 0.15) is 59.6 Å². The summed E-state index contributed by atoms with van der Waals surface area (Å²) in [7, 11) is 1.90. The third-order valence-corrected chi connectivity index (χ3v) is 3.80. The van der Waals surface area contributed by atoms with Crippen molar-refractivity contribution in [2.24, 2.45) is 12.0 Å². The lowest BCUT2D eigenvalue weighted by Gasteiger charge is -2.24. The zero-order chi connectivity index (χ0) is 20.3. The van der Waals surface area contributed by atoms with Gasteiger partial charge in [0.05, 0.1) is 12.2 Å². The molecule has 1 rings (SSSR count). The molecule has 3 N–H and O–H groups in total. The number of rotatable bonds is 9. The predicted molar refractivity (Wildman–Crippen MR) is 109 cm³/mol. The molecule has 1 atom stereocenters. The van der Waals surface area contributed by atoms with Gasteiger partial charge in [0.15, 0.2) is 5.96 Å². The fourth-order valence-corrected chi connectivity index (χ4v) is 2.43. The maximum absolute atomic E-state index is 12.0. The third kappa shape index (κ3) is 9.86. The van der Waals surface area contributed by atoms with Crippen LogP contribution in [0.15, 0.2) is 17.3 Å². The number of hydrogen-bond acceptors (Lipinski definition) is 4. The van der Waals surface area contributed by atoms with E-state index in [2.05, 4.69) is 33.0 Å². The third-order valence-electron chi connectivity index (χ3n) is 3.80. The number of nitrogens with one attached hydrogen (secondary N) is 3. The van der Waals surface area contributed by atoms with Crippen LogP contribution in [0.5, 0.6) is 0 Å². The maximum atomic E-state index is 12.0. The summed E-state index contributed by atoms with van der Waals surface area (Å²) >= 11 is 0. The first-order valence-corrected chi connectivity index (χ1v) is 9.73. The molecular formula is C19H36N6O2. The Labute approximate surface area is 163 Å². The van der Waals surface area contributed by atoms with Gasteiger partial charge in [-0.25, -0.2) is 9.79 Å². The van der Waals surface area contributed by atoms with Crippen LogP contribution >= 0.6 is 0 Å². The van der Waals surface area contributed by atoms with E-state index in [4.69, 9.17) is 4.74 Å². The number of aromatic nitrogens is 2. The molecule has 0 bridgehead atoms. The highest BCUT2D eigenvalue weighted by molar-refractivity contribution is 5.80. The number of guanidine groups is 1. The minimum Gasteiger partial charge on any atom is -0.444 e. The van der Waals surface area contributed by atoms with Gasteiger partial charge in [-0.2, -0.15) is 5.10 Å². The number of hydrogen-bond donors (Lipinski definition) is 3. The van der Waals surface area contributed by atoms with Gasteiger partial charge in [0.25, 0.3) is 0 Å². The molecule has 8 nitrogen and oxygen atoms in total. The van der Waals surface area contributed by atoms with Crippen molar-refractivity contribution in [3.63, 3.8) is 0 Å². The van der Waals surface area contributed by atoms with E-state index in [0.717, 1.165) is 37.5 Å². The van der Waals surface area contributed by atoms with Gasteiger partial charge in [-0.15, -0.1) is 0 Å². The Bertz CT molecular complexity index is 591. The van der Waals surface area contributed by atoms with Gasteiger partial charge in [-0.05, 0) is 40.2 Å². The minimum atomic E-state index is -0.504.